The van der Waals surface area contributed by atoms with Crippen molar-refractivity contribution < 1.29 is 9.21 Å². The van der Waals surface area contributed by atoms with Gasteiger partial charge in [-0.1, -0.05) is 6.92 Å². The molecule has 0 aliphatic carbocycles. The topological polar surface area (TPSA) is 88.0 Å². The number of likely N-dealkylation sites (N-methyl/N-ethyl adjacent to an activating group) is 1. The summed E-state index contributed by atoms with van der Waals surface area (Å²) in [5, 5.41) is 2.94. The van der Waals surface area contributed by atoms with Crippen LogP contribution in [-0.4, -0.2) is 75.5 Å². The summed E-state index contributed by atoms with van der Waals surface area (Å²) in [7, 11) is 0. The van der Waals surface area contributed by atoms with Crippen molar-refractivity contribution in [2.75, 3.05) is 45.8 Å². The Kier molecular flexibility index (Phi) is 6.46. The van der Waals surface area contributed by atoms with E-state index in [0.29, 0.717) is 23.5 Å². The lowest BCUT2D eigenvalue weighted by molar-refractivity contribution is 0.0919. The second-order valence-electron chi connectivity index (χ2n) is 8.65. The lowest BCUT2D eigenvalue weighted by Crippen LogP contribution is -2.46. The Morgan fingerprint density at radius 2 is 1.85 bits per heavy atom. The maximum atomic E-state index is 13.1. The highest BCUT2D eigenvalue weighted by atomic mass is 16.4. The standard InChI is InChI=1S/C25H30N6O3/c1-2-28-14-16-29(17-15-28)12-5-11-27-24(32)22-9-8-19(34-22)18-31-23-20(6-3-10-26-23)30-13-4-7-21(30)25(31)33/h3-4,6-10,13H,2,5,11-12,14-18H2,1H3,(H,27,32). The van der Waals surface area contributed by atoms with Gasteiger partial charge in [-0.2, -0.15) is 0 Å². The van der Waals surface area contributed by atoms with E-state index >= 15 is 0 Å². The highest BCUT2D eigenvalue weighted by molar-refractivity contribution is 5.91. The van der Waals surface area contributed by atoms with E-state index in [0.717, 1.165) is 51.2 Å². The Balaban J connectivity index is 1.21. The van der Waals surface area contributed by atoms with E-state index in [-0.39, 0.29) is 23.8 Å². The Morgan fingerprint density at radius 1 is 1.06 bits per heavy atom. The fourth-order valence-corrected chi connectivity index (χ4v) is 4.59. The number of hydrogen-bond donors (Lipinski definition) is 1. The van der Waals surface area contributed by atoms with Crippen molar-refractivity contribution in [1.29, 1.82) is 0 Å². The van der Waals surface area contributed by atoms with Gasteiger partial charge < -0.3 is 23.9 Å². The largest absolute Gasteiger partial charge is 0.454 e. The predicted octanol–water partition coefficient (Wildman–Crippen LogP) is 2.05. The van der Waals surface area contributed by atoms with Gasteiger partial charge in [0.25, 0.3) is 11.5 Å². The van der Waals surface area contributed by atoms with Crippen molar-refractivity contribution in [3.05, 3.63) is 70.7 Å². The summed E-state index contributed by atoms with van der Waals surface area (Å²) in [6.07, 6.45) is 4.42. The molecule has 4 aromatic heterocycles. The molecule has 4 aromatic rings. The van der Waals surface area contributed by atoms with Crippen LogP contribution in [0.15, 0.2) is 58.0 Å². The van der Waals surface area contributed by atoms with Crippen LogP contribution in [0, 0.1) is 0 Å². The van der Waals surface area contributed by atoms with Crippen molar-refractivity contribution in [3.8, 4) is 0 Å². The number of hydrogen-bond acceptors (Lipinski definition) is 6. The van der Waals surface area contributed by atoms with E-state index < -0.39 is 0 Å². The van der Waals surface area contributed by atoms with Crippen LogP contribution in [0.25, 0.3) is 16.7 Å². The zero-order valence-corrected chi connectivity index (χ0v) is 19.4. The molecule has 178 valence electrons. The van der Waals surface area contributed by atoms with Crippen LogP contribution in [0.5, 0.6) is 0 Å². The zero-order valence-electron chi connectivity index (χ0n) is 19.4. The molecule has 0 atom stereocenters. The molecule has 0 unspecified atom stereocenters. The van der Waals surface area contributed by atoms with Gasteiger partial charge in [0.05, 0.1) is 12.1 Å². The minimum absolute atomic E-state index is 0.154. The third kappa shape index (κ3) is 4.49. The minimum atomic E-state index is -0.237. The summed E-state index contributed by atoms with van der Waals surface area (Å²) in [6, 6.07) is 10.8. The molecule has 0 aromatic carbocycles. The number of piperazine rings is 1. The Bertz CT molecular complexity index is 1350. The van der Waals surface area contributed by atoms with Crippen LogP contribution in [-0.2, 0) is 6.54 Å². The summed E-state index contributed by atoms with van der Waals surface area (Å²) >= 11 is 0. The number of rotatable bonds is 8. The second-order valence-corrected chi connectivity index (χ2v) is 8.65. The number of nitrogens with zero attached hydrogens (tertiary/aromatic N) is 5. The molecule has 9 nitrogen and oxygen atoms in total. The van der Waals surface area contributed by atoms with Crippen LogP contribution in [0.3, 0.4) is 0 Å². The number of carbonyl (C=O) groups is 1. The van der Waals surface area contributed by atoms with E-state index in [9.17, 15) is 9.59 Å². The molecule has 1 amide bonds. The lowest BCUT2D eigenvalue weighted by Gasteiger charge is -2.33. The van der Waals surface area contributed by atoms with Gasteiger partial charge in [0, 0.05) is 45.1 Å². The third-order valence-electron chi connectivity index (χ3n) is 6.54. The Morgan fingerprint density at radius 3 is 2.68 bits per heavy atom. The first-order valence-electron chi connectivity index (χ1n) is 11.9. The Hall–Kier alpha value is -3.43. The highest BCUT2D eigenvalue weighted by Crippen LogP contribution is 2.16. The highest BCUT2D eigenvalue weighted by Gasteiger charge is 2.17. The molecule has 0 bridgehead atoms. The van der Waals surface area contributed by atoms with Crippen molar-refractivity contribution in [2.24, 2.45) is 0 Å². The normalized spacial score (nSPS) is 15.3. The van der Waals surface area contributed by atoms with Crippen molar-refractivity contribution >= 4 is 22.6 Å². The number of fused-ring (bicyclic) bond motifs is 3. The molecule has 5 rings (SSSR count). The van der Waals surface area contributed by atoms with Crippen LogP contribution in [0.2, 0.25) is 0 Å². The van der Waals surface area contributed by atoms with E-state index in [1.54, 1.807) is 29.0 Å². The molecule has 34 heavy (non-hydrogen) atoms. The molecule has 1 aliphatic heterocycles. The minimum Gasteiger partial charge on any atom is -0.454 e. The molecule has 1 aliphatic rings. The third-order valence-corrected chi connectivity index (χ3v) is 6.54. The summed E-state index contributed by atoms with van der Waals surface area (Å²) in [4.78, 5) is 34.9. The molecular weight excluding hydrogens is 432 g/mol. The predicted molar refractivity (Wildman–Crippen MR) is 130 cm³/mol. The number of pyridine rings is 1. The summed E-state index contributed by atoms with van der Waals surface area (Å²) in [6.45, 7) is 9.48. The monoisotopic (exact) mass is 462 g/mol. The molecule has 1 saturated heterocycles. The van der Waals surface area contributed by atoms with Crippen molar-refractivity contribution in [3.63, 3.8) is 0 Å². The second kappa shape index (κ2) is 9.82. The molecular formula is C25H30N6O3. The van der Waals surface area contributed by atoms with Gasteiger partial charge >= 0.3 is 0 Å². The number of aromatic nitrogens is 3. The van der Waals surface area contributed by atoms with Gasteiger partial charge in [-0.3, -0.25) is 14.2 Å². The summed E-state index contributed by atoms with van der Waals surface area (Å²) < 4.78 is 9.22. The van der Waals surface area contributed by atoms with Crippen LogP contribution in [0.1, 0.15) is 29.7 Å². The molecule has 0 saturated carbocycles. The maximum Gasteiger partial charge on any atom is 0.286 e. The van der Waals surface area contributed by atoms with Gasteiger partial charge in [-0.15, -0.1) is 0 Å². The van der Waals surface area contributed by atoms with Gasteiger partial charge in [0.2, 0.25) is 0 Å². The SMILES string of the molecule is CCN1CCN(CCCNC(=O)c2ccc(Cn3c(=O)c4cccn4c4cccnc43)o2)CC1. The first kappa shape index (κ1) is 22.4. The van der Waals surface area contributed by atoms with E-state index in [4.69, 9.17) is 4.42 Å². The lowest BCUT2D eigenvalue weighted by atomic mass is 10.3. The van der Waals surface area contributed by atoms with Crippen molar-refractivity contribution in [2.45, 2.75) is 19.9 Å². The quantitative estimate of drug-likeness (QED) is 0.403. The molecule has 5 heterocycles. The molecule has 0 spiro atoms. The summed E-state index contributed by atoms with van der Waals surface area (Å²) in [5.74, 6) is 0.545. The number of carbonyl (C=O) groups excluding carboxylic acids is 1. The van der Waals surface area contributed by atoms with Gasteiger partial charge in [-0.25, -0.2) is 4.98 Å². The van der Waals surface area contributed by atoms with Crippen molar-refractivity contribution in [1.82, 2.24) is 29.1 Å². The first-order chi connectivity index (χ1) is 16.6. The molecule has 1 N–H and O–H groups in total. The number of furan rings is 1. The van der Waals surface area contributed by atoms with E-state index in [1.165, 1.54) is 0 Å². The maximum absolute atomic E-state index is 13.1. The first-order valence-corrected chi connectivity index (χ1v) is 11.9. The summed E-state index contributed by atoms with van der Waals surface area (Å²) in [5.41, 5.74) is 1.82. The van der Waals surface area contributed by atoms with Gasteiger partial charge in [-0.05, 0) is 55.9 Å². The smallest absolute Gasteiger partial charge is 0.286 e. The fourth-order valence-electron chi connectivity index (χ4n) is 4.59. The average molecular weight is 463 g/mol. The van der Waals surface area contributed by atoms with E-state index in [1.807, 2.05) is 28.8 Å². The molecule has 1 fully saturated rings. The van der Waals surface area contributed by atoms with Gasteiger partial charge in [0.15, 0.2) is 11.4 Å². The zero-order chi connectivity index (χ0) is 23.5. The van der Waals surface area contributed by atoms with E-state index in [2.05, 4.69) is 27.0 Å². The average Bonchev–Trinajstić information content (AvgIpc) is 3.55. The fraction of sp³-hybridized carbons (Fsp3) is 0.400. The Labute approximate surface area is 197 Å². The molecule has 9 heteroatoms. The van der Waals surface area contributed by atoms with Crippen LogP contribution >= 0.6 is 0 Å². The molecule has 0 radical (unpaired) electrons. The number of amides is 1. The number of nitrogens with one attached hydrogen (secondary N) is 1. The van der Waals surface area contributed by atoms with Gasteiger partial charge in [0.1, 0.15) is 11.3 Å². The van der Waals surface area contributed by atoms with Crippen LogP contribution in [0.4, 0.5) is 0 Å². The van der Waals surface area contributed by atoms with Crippen LogP contribution < -0.4 is 10.9 Å².